The standard InChI is InChI=1S/C13H22O6/c1-16-10-9(8(15)7-14)17-12-11(10)18-13(19-12)5-3-2-4-6-13/h8-12,14-15H,2-7H2,1H3/t8-,9-,10+,11-,12-/m1/s1. The first-order chi connectivity index (χ1) is 9.19. The molecule has 2 saturated heterocycles. The van der Waals surface area contributed by atoms with Crippen LogP contribution in [0.5, 0.6) is 0 Å². The number of rotatable bonds is 3. The van der Waals surface area contributed by atoms with E-state index in [2.05, 4.69) is 0 Å². The maximum atomic E-state index is 9.75. The Hall–Kier alpha value is -0.240. The number of hydrogen-bond donors (Lipinski definition) is 2. The summed E-state index contributed by atoms with van der Waals surface area (Å²) in [6.45, 7) is -0.366. The summed E-state index contributed by atoms with van der Waals surface area (Å²) in [4.78, 5) is 0. The lowest BCUT2D eigenvalue weighted by atomic mass is 9.94. The van der Waals surface area contributed by atoms with E-state index in [-0.39, 0.29) is 12.7 Å². The minimum absolute atomic E-state index is 0.325. The lowest BCUT2D eigenvalue weighted by Gasteiger charge is -2.34. The molecule has 1 aliphatic carbocycles. The highest BCUT2D eigenvalue weighted by atomic mass is 16.8. The molecule has 19 heavy (non-hydrogen) atoms. The van der Waals surface area contributed by atoms with Crippen LogP contribution in [-0.4, -0.2) is 60.4 Å². The summed E-state index contributed by atoms with van der Waals surface area (Å²) in [7, 11) is 1.56. The normalized spacial score (nSPS) is 42.5. The van der Waals surface area contributed by atoms with Gasteiger partial charge in [0, 0.05) is 20.0 Å². The Morgan fingerprint density at radius 1 is 1.26 bits per heavy atom. The molecule has 6 heteroatoms. The quantitative estimate of drug-likeness (QED) is 0.763. The van der Waals surface area contributed by atoms with E-state index in [0.717, 1.165) is 25.7 Å². The molecule has 3 aliphatic rings. The summed E-state index contributed by atoms with van der Waals surface area (Å²) in [5.74, 6) is -0.528. The molecule has 1 saturated carbocycles. The summed E-state index contributed by atoms with van der Waals surface area (Å²) in [6.07, 6.45) is 2.34. The molecule has 2 aliphatic heterocycles. The summed E-state index contributed by atoms with van der Waals surface area (Å²) in [5, 5.41) is 18.8. The summed E-state index contributed by atoms with van der Waals surface area (Å²) in [6, 6.07) is 0. The molecule has 0 aromatic heterocycles. The van der Waals surface area contributed by atoms with Crippen LogP contribution in [0.25, 0.3) is 0 Å². The Bertz CT molecular complexity index is 316. The molecule has 0 aromatic rings. The third-order valence-corrected chi connectivity index (χ3v) is 4.34. The molecule has 110 valence electrons. The van der Waals surface area contributed by atoms with Gasteiger partial charge in [-0.15, -0.1) is 0 Å². The molecule has 0 aromatic carbocycles. The zero-order valence-corrected chi connectivity index (χ0v) is 11.2. The molecule has 1 spiro atoms. The number of hydrogen-bond acceptors (Lipinski definition) is 6. The largest absolute Gasteiger partial charge is 0.394 e. The molecule has 0 radical (unpaired) electrons. The zero-order valence-electron chi connectivity index (χ0n) is 11.2. The first-order valence-corrected chi connectivity index (χ1v) is 7.02. The predicted molar refractivity (Wildman–Crippen MR) is 64.3 cm³/mol. The van der Waals surface area contributed by atoms with Crippen molar-refractivity contribution in [3.8, 4) is 0 Å². The van der Waals surface area contributed by atoms with Crippen LogP contribution in [0, 0.1) is 0 Å². The Morgan fingerprint density at radius 3 is 2.63 bits per heavy atom. The zero-order chi connectivity index (χ0) is 13.5. The second kappa shape index (κ2) is 5.27. The van der Waals surface area contributed by atoms with Crippen LogP contribution in [0.4, 0.5) is 0 Å². The first kappa shape index (κ1) is 13.7. The number of aliphatic hydroxyl groups excluding tert-OH is 2. The van der Waals surface area contributed by atoms with Crippen molar-refractivity contribution in [2.75, 3.05) is 13.7 Å². The van der Waals surface area contributed by atoms with Gasteiger partial charge in [0.05, 0.1) is 6.61 Å². The van der Waals surface area contributed by atoms with Gasteiger partial charge in [-0.1, -0.05) is 6.42 Å². The monoisotopic (exact) mass is 274 g/mol. The van der Waals surface area contributed by atoms with Crippen LogP contribution in [0.3, 0.4) is 0 Å². The van der Waals surface area contributed by atoms with Crippen LogP contribution in [0.2, 0.25) is 0 Å². The molecule has 0 bridgehead atoms. The van der Waals surface area contributed by atoms with Crippen molar-refractivity contribution in [1.82, 2.24) is 0 Å². The van der Waals surface area contributed by atoms with E-state index in [0.29, 0.717) is 0 Å². The van der Waals surface area contributed by atoms with Crippen LogP contribution in [0.1, 0.15) is 32.1 Å². The molecule has 0 unspecified atom stereocenters. The van der Waals surface area contributed by atoms with Gasteiger partial charge in [0.1, 0.15) is 24.4 Å². The van der Waals surface area contributed by atoms with Crippen molar-refractivity contribution in [3.63, 3.8) is 0 Å². The third kappa shape index (κ3) is 2.30. The van der Waals surface area contributed by atoms with Crippen molar-refractivity contribution < 1.29 is 29.2 Å². The topological polar surface area (TPSA) is 77.4 Å². The van der Waals surface area contributed by atoms with E-state index in [1.165, 1.54) is 6.42 Å². The number of aliphatic hydroxyl groups is 2. The average Bonchev–Trinajstić information content (AvgIpc) is 2.92. The van der Waals surface area contributed by atoms with Gasteiger partial charge in [-0.3, -0.25) is 0 Å². The lowest BCUT2D eigenvalue weighted by molar-refractivity contribution is -0.255. The third-order valence-electron chi connectivity index (χ3n) is 4.34. The molecule has 0 amide bonds. The summed E-state index contributed by atoms with van der Waals surface area (Å²) in [5.41, 5.74) is 0. The first-order valence-electron chi connectivity index (χ1n) is 7.02. The van der Waals surface area contributed by atoms with Crippen molar-refractivity contribution in [2.24, 2.45) is 0 Å². The van der Waals surface area contributed by atoms with Crippen LogP contribution in [-0.2, 0) is 18.9 Å². The number of ether oxygens (including phenoxy) is 4. The fraction of sp³-hybridized carbons (Fsp3) is 1.00. The average molecular weight is 274 g/mol. The maximum Gasteiger partial charge on any atom is 0.190 e. The predicted octanol–water partition coefficient (Wildman–Crippen LogP) is 0.155. The van der Waals surface area contributed by atoms with Crippen molar-refractivity contribution in [1.29, 1.82) is 0 Å². The lowest BCUT2D eigenvalue weighted by Crippen LogP contribution is -2.44. The van der Waals surface area contributed by atoms with Crippen molar-refractivity contribution in [2.45, 2.75) is 68.6 Å². The Labute approximate surface area is 112 Å². The molecule has 6 nitrogen and oxygen atoms in total. The molecule has 2 N–H and O–H groups in total. The summed E-state index contributed by atoms with van der Waals surface area (Å²) >= 11 is 0. The molecule has 3 fully saturated rings. The fourth-order valence-electron chi connectivity index (χ4n) is 3.36. The molecule has 2 heterocycles. The second-order valence-corrected chi connectivity index (χ2v) is 5.59. The van der Waals surface area contributed by atoms with Crippen molar-refractivity contribution in [3.05, 3.63) is 0 Å². The fourth-order valence-corrected chi connectivity index (χ4v) is 3.36. The number of fused-ring (bicyclic) bond motifs is 1. The molecule has 3 rings (SSSR count). The van der Waals surface area contributed by atoms with Gasteiger partial charge in [0.15, 0.2) is 12.1 Å². The van der Waals surface area contributed by atoms with Gasteiger partial charge in [-0.25, -0.2) is 0 Å². The van der Waals surface area contributed by atoms with Gasteiger partial charge >= 0.3 is 0 Å². The highest BCUT2D eigenvalue weighted by Crippen LogP contribution is 2.45. The van der Waals surface area contributed by atoms with Gasteiger partial charge in [0.2, 0.25) is 0 Å². The minimum atomic E-state index is -0.981. The van der Waals surface area contributed by atoms with E-state index >= 15 is 0 Å². The molecule has 5 atom stereocenters. The highest BCUT2D eigenvalue weighted by Gasteiger charge is 2.59. The van der Waals surface area contributed by atoms with E-state index in [4.69, 9.17) is 24.1 Å². The van der Waals surface area contributed by atoms with E-state index in [1.54, 1.807) is 7.11 Å². The van der Waals surface area contributed by atoms with Crippen LogP contribution >= 0.6 is 0 Å². The van der Waals surface area contributed by atoms with Gasteiger partial charge in [0.25, 0.3) is 0 Å². The highest BCUT2D eigenvalue weighted by molar-refractivity contribution is 4.98. The van der Waals surface area contributed by atoms with Crippen LogP contribution in [0.15, 0.2) is 0 Å². The summed E-state index contributed by atoms with van der Waals surface area (Å²) < 4.78 is 23.1. The number of methoxy groups -OCH3 is 1. The van der Waals surface area contributed by atoms with Gasteiger partial charge in [-0.05, 0) is 12.8 Å². The smallest absolute Gasteiger partial charge is 0.190 e. The SMILES string of the molecule is CO[C@@H]1[C@H]2OC3(CCCCC3)O[C@H]2O[C@@H]1[C@H](O)CO. The molecular formula is C13H22O6. The van der Waals surface area contributed by atoms with E-state index < -0.39 is 30.4 Å². The maximum absolute atomic E-state index is 9.75. The molecular weight excluding hydrogens is 252 g/mol. The van der Waals surface area contributed by atoms with Gasteiger partial charge < -0.3 is 29.2 Å². The minimum Gasteiger partial charge on any atom is -0.394 e. The second-order valence-electron chi connectivity index (χ2n) is 5.59. The van der Waals surface area contributed by atoms with Crippen LogP contribution < -0.4 is 0 Å². The van der Waals surface area contributed by atoms with E-state index in [1.807, 2.05) is 0 Å². The van der Waals surface area contributed by atoms with E-state index in [9.17, 15) is 5.11 Å². The van der Waals surface area contributed by atoms with Crippen molar-refractivity contribution >= 4 is 0 Å². The Balaban J connectivity index is 1.71. The van der Waals surface area contributed by atoms with Gasteiger partial charge in [-0.2, -0.15) is 0 Å². The Morgan fingerprint density at radius 2 is 2.00 bits per heavy atom. The Kier molecular flexibility index (Phi) is 3.81.